The van der Waals surface area contributed by atoms with Crippen molar-refractivity contribution in [2.75, 3.05) is 0 Å². The molecule has 1 heterocycles. The fraction of sp³-hybridized carbons (Fsp3) is 0.316. The maximum atomic E-state index is 13.7. The van der Waals surface area contributed by atoms with Gasteiger partial charge in [-0.05, 0) is 18.2 Å². The average molecular weight is 458 g/mol. The van der Waals surface area contributed by atoms with Crippen LogP contribution in [-0.4, -0.2) is 28.5 Å². The highest BCUT2D eigenvalue weighted by atomic mass is 79.9. The number of carbonyl (C=O) groups excluding carboxylic acids is 1. The van der Waals surface area contributed by atoms with Gasteiger partial charge < -0.3 is 4.74 Å². The summed E-state index contributed by atoms with van der Waals surface area (Å²) in [5.41, 5.74) is -2.10. The second kappa shape index (κ2) is 7.20. The molecule has 28 heavy (non-hydrogen) atoms. The maximum Gasteiger partial charge on any atom is 0.432 e. The molecule has 0 aromatic heterocycles. The molecular weight excluding hydrogens is 443 g/mol. The molecule has 3 atom stereocenters. The molecule has 0 radical (unpaired) electrons. The van der Waals surface area contributed by atoms with Gasteiger partial charge in [0.15, 0.2) is 5.78 Å². The van der Waals surface area contributed by atoms with Crippen LogP contribution >= 0.6 is 15.9 Å². The first kappa shape index (κ1) is 20.3. The van der Waals surface area contributed by atoms with Gasteiger partial charge >= 0.3 is 6.18 Å². The molecule has 0 unspecified atom stereocenters. The molecule has 3 rings (SSSR count). The number of hydrogen-bond acceptors (Lipinski definition) is 4. The number of nitro groups is 1. The Morgan fingerprint density at radius 2 is 1.89 bits per heavy atom. The van der Waals surface area contributed by atoms with E-state index in [4.69, 9.17) is 4.74 Å². The van der Waals surface area contributed by atoms with Crippen molar-refractivity contribution in [1.82, 2.24) is 0 Å². The lowest BCUT2D eigenvalue weighted by molar-refractivity contribution is -0.592. The van der Waals surface area contributed by atoms with Crippen molar-refractivity contribution < 1.29 is 27.6 Å². The van der Waals surface area contributed by atoms with Crippen LogP contribution in [0.15, 0.2) is 53.0 Å². The third-order valence-corrected chi connectivity index (χ3v) is 5.50. The molecule has 1 aliphatic heterocycles. The molecule has 0 bridgehead atoms. The number of hydrogen-bond donors (Lipinski definition) is 0. The SMILES string of the molecule is C[C@]1([N+](=O)[O-])[C@H](CC(=O)c2ccccc2)c2cc(Br)ccc2O[C@@H]1C(F)(F)F. The molecular formula is C19H15BrF3NO4. The van der Waals surface area contributed by atoms with Crippen LogP contribution < -0.4 is 4.74 Å². The van der Waals surface area contributed by atoms with Crippen LogP contribution in [0.1, 0.15) is 35.2 Å². The normalized spacial score (nSPS) is 24.2. The molecule has 9 heteroatoms. The molecule has 0 spiro atoms. The van der Waals surface area contributed by atoms with Crippen molar-refractivity contribution in [3.63, 3.8) is 0 Å². The van der Waals surface area contributed by atoms with Crippen molar-refractivity contribution in [1.29, 1.82) is 0 Å². The third-order valence-electron chi connectivity index (χ3n) is 5.00. The number of nitrogens with zero attached hydrogens (tertiary/aromatic N) is 1. The smallest absolute Gasteiger partial charge is 0.432 e. The van der Waals surface area contributed by atoms with Gasteiger partial charge in [-0.2, -0.15) is 13.2 Å². The van der Waals surface area contributed by atoms with Gasteiger partial charge in [0.05, 0.1) is 5.92 Å². The van der Waals surface area contributed by atoms with E-state index in [1.807, 2.05) is 0 Å². The molecule has 0 fully saturated rings. The monoisotopic (exact) mass is 457 g/mol. The van der Waals surface area contributed by atoms with Crippen molar-refractivity contribution in [3.8, 4) is 5.75 Å². The summed E-state index contributed by atoms with van der Waals surface area (Å²) in [6.07, 6.45) is -8.13. The van der Waals surface area contributed by atoms with Crippen molar-refractivity contribution in [2.45, 2.75) is 37.1 Å². The number of benzene rings is 2. The number of fused-ring (bicyclic) bond motifs is 1. The Labute approximate surface area is 166 Å². The third kappa shape index (κ3) is 3.50. The van der Waals surface area contributed by atoms with Crippen LogP contribution in [0.3, 0.4) is 0 Å². The highest BCUT2D eigenvalue weighted by molar-refractivity contribution is 9.10. The van der Waals surface area contributed by atoms with E-state index in [1.165, 1.54) is 30.3 Å². The fourth-order valence-electron chi connectivity index (χ4n) is 3.51. The molecule has 0 saturated carbocycles. The summed E-state index contributed by atoms with van der Waals surface area (Å²) in [4.78, 5) is 23.6. The Morgan fingerprint density at radius 1 is 1.25 bits per heavy atom. The number of ether oxygens (including phenoxy) is 1. The maximum absolute atomic E-state index is 13.7. The van der Waals surface area contributed by atoms with Gasteiger partial charge in [0.2, 0.25) is 0 Å². The van der Waals surface area contributed by atoms with Gasteiger partial charge in [0, 0.05) is 33.9 Å². The molecule has 148 valence electrons. The molecule has 1 aliphatic rings. The summed E-state index contributed by atoms with van der Waals surface area (Å²) in [5.74, 6) is -1.92. The average Bonchev–Trinajstić information content (AvgIpc) is 2.63. The highest BCUT2D eigenvalue weighted by Crippen LogP contribution is 2.51. The van der Waals surface area contributed by atoms with Gasteiger partial charge in [-0.3, -0.25) is 14.9 Å². The Balaban J connectivity index is 2.15. The summed E-state index contributed by atoms with van der Waals surface area (Å²) in [7, 11) is 0. The number of ketones is 1. The number of alkyl halides is 3. The highest BCUT2D eigenvalue weighted by Gasteiger charge is 2.67. The zero-order chi connectivity index (χ0) is 20.7. The summed E-state index contributed by atoms with van der Waals surface area (Å²) >= 11 is 3.23. The predicted molar refractivity (Wildman–Crippen MR) is 98.1 cm³/mol. The second-order valence-electron chi connectivity index (χ2n) is 6.75. The van der Waals surface area contributed by atoms with E-state index in [2.05, 4.69) is 15.9 Å². The first-order valence-corrected chi connectivity index (χ1v) is 9.10. The van der Waals surface area contributed by atoms with Gasteiger partial charge in [-0.1, -0.05) is 46.3 Å². The molecule has 5 nitrogen and oxygen atoms in total. The largest absolute Gasteiger partial charge is 0.473 e. The number of halogens is 4. The first-order chi connectivity index (χ1) is 13.0. The van der Waals surface area contributed by atoms with E-state index in [0.29, 0.717) is 4.47 Å². The first-order valence-electron chi connectivity index (χ1n) is 8.30. The topological polar surface area (TPSA) is 69.4 Å². The zero-order valence-electron chi connectivity index (χ0n) is 14.6. The molecule has 2 aromatic rings. The van der Waals surface area contributed by atoms with E-state index in [-0.39, 0.29) is 16.9 Å². The van der Waals surface area contributed by atoms with Gasteiger partial charge in [-0.25, -0.2) is 0 Å². The fourth-order valence-corrected chi connectivity index (χ4v) is 3.89. The van der Waals surface area contributed by atoms with Crippen molar-refractivity contribution in [3.05, 3.63) is 74.2 Å². The lowest BCUT2D eigenvalue weighted by atomic mass is 9.71. The Hall–Kier alpha value is -2.42. The minimum atomic E-state index is -4.99. The standard InChI is InChI=1S/C19H15BrF3NO4/c1-18(24(26)27)14(10-15(25)11-5-3-2-4-6-11)13-9-12(20)7-8-16(13)28-17(18)19(21,22)23/h2-9,14,17H,10H2,1H3/t14-,17+,18+/m1/s1. The summed E-state index contributed by atoms with van der Waals surface area (Å²) in [6, 6.07) is 12.2. The Bertz CT molecular complexity index is 919. The number of carbonyl (C=O) groups is 1. The minimum Gasteiger partial charge on any atom is -0.473 e. The molecule has 0 N–H and O–H groups in total. The lowest BCUT2D eigenvalue weighted by Crippen LogP contribution is -2.62. The van der Waals surface area contributed by atoms with Gasteiger partial charge in [0.25, 0.3) is 11.6 Å². The molecule has 0 amide bonds. The Kier molecular flexibility index (Phi) is 5.22. The van der Waals surface area contributed by atoms with Gasteiger partial charge in [0.1, 0.15) is 5.75 Å². The lowest BCUT2D eigenvalue weighted by Gasteiger charge is -2.41. The van der Waals surface area contributed by atoms with E-state index in [1.54, 1.807) is 18.2 Å². The molecule has 2 aromatic carbocycles. The summed E-state index contributed by atoms with van der Waals surface area (Å²) in [6.45, 7) is 0.887. The van der Waals surface area contributed by atoms with E-state index < -0.39 is 40.9 Å². The minimum absolute atomic E-state index is 0.115. The quantitative estimate of drug-likeness (QED) is 0.361. The number of Topliss-reactive ketones (excluding diaryl/α,β-unsaturated/α-hetero) is 1. The Morgan fingerprint density at radius 3 is 2.46 bits per heavy atom. The van der Waals surface area contributed by atoms with E-state index in [9.17, 15) is 28.1 Å². The van der Waals surface area contributed by atoms with E-state index >= 15 is 0 Å². The van der Waals surface area contributed by atoms with Crippen LogP contribution in [-0.2, 0) is 0 Å². The zero-order valence-corrected chi connectivity index (χ0v) is 16.2. The van der Waals surface area contributed by atoms with Crippen LogP contribution in [0.25, 0.3) is 0 Å². The van der Waals surface area contributed by atoms with E-state index in [0.717, 1.165) is 6.92 Å². The van der Waals surface area contributed by atoms with Crippen LogP contribution in [0.4, 0.5) is 13.2 Å². The second-order valence-corrected chi connectivity index (χ2v) is 7.67. The number of rotatable bonds is 4. The van der Waals surface area contributed by atoms with Crippen molar-refractivity contribution in [2.24, 2.45) is 0 Å². The summed E-state index contributed by atoms with van der Waals surface area (Å²) in [5, 5.41) is 11.9. The van der Waals surface area contributed by atoms with Crippen LogP contribution in [0, 0.1) is 10.1 Å². The van der Waals surface area contributed by atoms with Crippen LogP contribution in [0.2, 0.25) is 0 Å². The molecule has 0 saturated heterocycles. The summed E-state index contributed by atoms with van der Waals surface area (Å²) < 4.78 is 46.6. The predicted octanol–water partition coefficient (Wildman–Crippen LogP) is 5.16. The van der Waals surface area contributed by atoms with Crippen LogP contribution in [0.5, 0.6) is 5.75 Å². The molecule has 0 aliphatic carbocycles. The van der Waals surface area contributed by atoms with Crippen molar-refractivity contribution >= 4 is 21.7 Å². The van der Waals surface area contributed by atoms with Gasteiger partial charge in [-0.15, -0.1) is 0 Å².